The molecular formula is C26H37N3O3. The molecule has 1 aromatic carbocycles. The van der Waals surface area contributed by atoms with Gasteiger partial charge in [0.05, 0.1) is 31.0 Å². The van der Waals surface area contributed by atoms with Gasteiger partial charge in [-0.25, -0.2) is 4.68 Å². The summed E-state index contributed by atoms with van der Waals surface area (Å²) in [5.74, 6) is 0.157. The molecule has 0 radical (unpaired) electrons. The van der Waals surface area contributed by atoms with Gasteiger partial charge < -0.3 is 4.74 Å². The monoisotopic (exact) mass is 439 g/mol. The SMILES string of the molecule is COC(=O)C[C@@H](CC(=O)Cc1c(C)c(C)c(C)c(C)c1C)c1nnn(C2CC(C)C2)c1C. The van der Waals surface area contributed by atoms with Crippen LogP contribution in [-0.4, -0.2) is 33.9 Å². The average Bonchev–Trinajstić information content (AvgIpc) is 3.11. The molecule has 1 atom stereocenters. The first-order valence-corrected chi connectivity index (χ1v) is 11.6. The molecule has 6 nitrogen and oxygen atoms in total. The molecule has 1 aliphatic carbocycles. The summed E-state index contributed by atoms with van der Waals surface area (Å²) < 4.78 is 6.90. The molecule has 0 saturated heterocycles. The van der Waals surface area contributed by atoms with Gasteiger partial charge in [0.2, 0.25) is 0 Å². The highest BCUT2D eigenvalue weighted by molar-refractivity contribution is 5.83. The number of benzene rings is 1. The Bertz CT molecular complexity index is 1000. The third-order valence-electron chi connectivity index (χ3n) is 7.69. The first-order valence-electron chi connectivity index (χ1n) is 11.6. The van der Waals surface area contributed by atoms with Crippen LogP contribution in [0.2, 0.25) is 0 Å². The number of esters is 1. The predicted molar refractivity (Wildman–Crippen MR) is 125 cm³/mol. The molecule has 3 rings (SSSR count). The summed E-state index contributed by atoms with van der Waals surface area (Å²) >= 11 is 0. The highest BCUT2D eigenvalue weighted by atomic mass is 16.5. The van der Waals surface area contributed by atoms with Crippen LogP contribution in [0.25, 0.3) is 0 Å². The zero-order chi connectivity index (χ0) is 23.7. The summed E-state index contributed by atoms with van der Waals surface area (Å²) in [4.78, 5) is 25.4. The minimum Gasteiger partial charge on any atom is -0.469 e. The van der Waals surface area contributed by atoms with Gasteiger partial charge in [-0.1, -0.05) is 12.1 Å². The molecular weight excluding hydrogens is 402 g/mol. The van der Waals surface area contributed by atoms with Crippen LogP contribution in [-0.2, 0) is 20.7 Å². The van der Waals surface area contributed by atoms with E-state index in [1.165, 1.54) is 34.9 Å². The molecule has 1 heterocycles. The van der Waals surface area contributed by atoms with Gasteiger partial charge >= 0.3 is 5.97 Å². The number of hydrogen-bond acceptors (Lipinski definition) is 5. The van der Waals surface area contributed by atoms with Crippen molar-refractivity contribution in [2.75, 3.05) is 7.11 Å². The molecule has 2 aromatic rings. The second kappa shape index (κ2) is 9.55. The van der Waals surface area contributed by atoms with Crippen LogP contribution in [0.1, 0.15) is 89.3 Å². The Balaban J connectivity index is 1.84. The molecule has 0 aliphatic heterocycles. The smallest absolute Gasteiger partial charge is 0.306 e. The molecule has 1 aromatic heterocycles. The fourth-order valence-electron chi connectivity index (χ4n) is 5.07. The van der Waals surface area contributed by atoms with Gasteiger partial charge in [0.1, 0.15) is 5.78 Å². The van der Waals surface area contributed by atoms with E-state index >= 15 is 0 Å². The molecule has 0 unspecified atom stereocenters. The van der Waals surface area contributed by atoms with E-state index in [4.69, 9.17) is 4.74 Å². The van der Waals surface area contributed by atoms with Crippen molar-refractivity contribution in [3.63, 3.8) is 0 Å². The van der Waals surface area contributed by atoms with E-state index in [0.29, 0.717) is 18.4 Å². The standard InChI is InChI=1S/C26H37N3O3/c1-14-9-22(10-14)29-20(7)26(27-28-29)21(12-25(31)32-8)11-23(30)13-24-18(5)16(3)15(2)17(4)19(24)6/h14,21-22H,9-13H2,1-8H3/t14?,21-,22?/m1/s1. The van der Waals surface area contributed by atoms with Gasteiger partial charge in [0.15, 0.2) is 0 Å². The molecule has 0 bridgehead atoms. The van der Waals surface area contributed by atoms with E-state index < -0.39 is 0 Å². The van der Waals surface area contributed by atoms with E-state index in [-0.39, 0.29) is 30.5 Å². The van der Waals surface area contributed by atoms with Gasteiger partial charge in [-0.15, -0.1) is 5.10 Å². The van der Waals surface area contributed by atoms with E-state index in [1.807, 2.05) is 11.6 Å². The Hall–Kier alpha value is -2.50. The number of hydrogen-bond donors (Lipinski definition) is 0. The van der Waals surface area contributed by atoms with Crippen LogP contribution >= 0.6 is 0 Å². The Morgan fingerprint density at radius 3 is 2.06 bits per heavy atom. The number of nitrogens with zero attached hydrogens (tertiary/aromatic N) is 3. The van der Waals surface area contributed by atoms with Gasteiger partial charge in [-0.05, 0) is 93.7 Å². The number of methoxy groups -OCH3 is 1. The van der Waals surface area contributed by atoms with E-state index in [2.05, 4.69) is 51.9 Å². The van der Waals surface area contributed by atoms with Gasteiger partial charge in [-0.2, -0.15) is 0 Å². The Kier molecular flexibility index (Phi) is 7.21. The number of ketones is 1. The maximum Gasteiger partial charge on any atom is 0.306 e. The summed E-state index contributed by atoms with van der Waals surface area (Å²) in [5.41, 5.74) is 8.96. The highest BCUT2D eigenvalue weighted by Crippen LogP contribution is 2.38. The molecule has 0 N–H and O–H groups in total. The van der Waals surface area contributed by atoms with Crippen molar-refractivity contribution in [3.8, 4) is 0 Å². The van der Waals surface area contributed by atoms with Crippen LogP contribution in [0, 0.1) is 47.5 Å². The van der Waals surface area contributed by atoms with Crippen LogP contribution in [0.15, 0.2) is 0 Å². The van der Waals surface area contributed by atoms with Crippen LogP contribution < -0.4 is 0 Å². The lowest BCUT2D eigenvalue weighted by atomic mass is 9.81. The first-order chi connectivity index (χ1) is 15.0. The molecule has 1 saturated carbocycles. The van der Waals surface area contributed by atoms with Crippen molar-refractivity contribution in [1.82, 2.24) is 15.0 Å². The summed E-state index contributed by atoms with van der Waals surface area (Å²) in [6, 6.07) is 0.365. The number of rotatable bonds is 8. The molecule has 1 aliphatic rings. The topological polar surface area (TPSA) is 74.1 Å². The van der Waals surface area contributed by atoms with E-state index in [9.17, 15) is 9.59 Å². The number of Topliss-reactive ketones (excluding diaryl/α,β-unsaturated/α-hetero) is 1. The lowest BCUT2D eigenvalue weighted by Gasteiger charge is -2.33. The van der Waals surface area contributed by atoms with Crippen molar-refractivity contribution in [2.24, 2.45) is 5.92 Å². The minimum absolute atomic E-state index is 0.110. The second-order valence-corrected chi connectivity index (χ2v) is 9.74. The van der Waals surface area contributed by atoms with Crippen molar-refractivity contribution < 1.29 is 14.3 Å². The zero-order valence-corrected chi connectivity index (χ0v) is 20.8. The Morgan fingerprint density at radius 1 is 0.969 bits per heavy atom. The lowest BCUT2D eigenvalue weighted by molar-refractivity contribution is -0.141. The maximum absolute atomic E-state index is 13.2. The van der Waals surface area contributed by atoms with Crippen molar-refractivity contribution >= 4 is 11.8 Å². The lowest BCUT2D eigenvalue weighted by Crippen LogP contribution is -2.26. The fraction of sp³-hybridized carbons (Fsp3) is 0.615. The normalized spacial score (nSPS) is 18.9. The number of aromatic nitrogens is 3. The third-order valence-corrected chi connectivity index (χ3v) is 7.69. The van der Waals surface area contributed by atoms with Crippen molar-refractivity contribution in [1.29, 1.82) is 0 Å². The van der Waals surface area contributed by atoms with Crippen LogP contribution in [0.3, 0.4) is 0 Å². The Labute approximate surface area is 191 Å². The highest BCUT2D eigenvalue weighted by Gasteiger charge is 2.32. The summed E-state index contributed by atoms with van der Waals surface area (Å²) in [5, 5.41) is 8.80. The molecule has 32 heavy (non-hydrogen) atoms. The van der Waals surface area contributed by atoms with Gasteiger partial charge in [0, 0.05) is 18.8 Å². The van der Waals surface area contributed by atoms with Crippen molar-refractivity contribution in [3.05, 3.63) is 44.8 Å². The van der Waals surface area contributed by atoms with Gasteiger partial charge in [-0.3, -0.25) is 9.59 Å². The molecule has 6 heteroatoms. The third kappa shape index (κ3) is 4.64. The molecule has 0 spiro atoms. The summed E-state index contributed by atoms with van der Waals surface area (Å²) in [7, 11) is 1.38. The van der Waals surface area contributed by atoms with E-state index in [1.54, 1.807) is 0 Å². The zero-order valence-electron chi connectivity index (χ0n) is 20.8. The summed E-state index contributed by atoms with van der Waals surface area (Å²) in [6.07, 6.45) is 2.93. The molecule has 1 fully saturated rings. The predicted octanol–water partition coefficient (Wildman–Crippen LogP) is 4.95. The van der Waals surface area contributed by atoms with Crippen LogP contribution in [0.5, 0.6) is 0 Å². The van der Waals surface area contributed by atoms with Crippen molar-refractivity contribution in [2.45, 2.75) is 92.5 Å². The Morgan fingerprint density at radius 2 is 1.53 bits per heavy atom. The maximum atomic E-state index is 13.2. The fourth-order valence-corrected chi connectivity index (χ4v) is 5.07. The number of carbonyl (C=O) groups excluding carboxylic acids is 2. The average molecular weight is 440 g/mol. The minimum atomic E-state index is -0.330. The number of carbonyl (C=O) groups is 2. The number of ether oxygens (including phenoxy) is 1. The quantitative estimate of drug-likeness (QED) is 0.544. The van der Waals surface area contributed by atoms with Crippen LogP contribution in [0.4, 0.5) is 0 Å². The molecule has 0 amide bonds. The van der Waals surface area contributed by atoms with E-state index in [0.717, 1.165) is 29.8 Å². The van der Waals surface area contributed by atoms with Gasteiger partial charge in [0.25, 0.3) is 0 Å². The molecule has 174 valence electrons. The first kappa shape index (κ1) is 24.1. The second-order valence-electron chi connectivity index (χ2n) is 9.74. The largest absolute Gasteiger partial charge is 0.469 e. The summed E-state index contributed by atoms with van der Waals surface area (Å²) in [6.45, 7) is 14.8.